The lowest BCUT2D eigenvalue weighted by Crippen LogP contribution is -2.67. The zero-order valence-corrected chi connectivity index (χ0v) is 13.5. The fourth-order valence-corrected chi connectivity index (χ4v) is 2.02. The van der Waals surface area contributed by atoms with E-state index in [2.05, 4.69) is 4.74 Å². The van der Waals surface area contributed by atoms with Crippen molar-refractivity contribution in [3.63, 3.8) is 0 Å². The molecule has 24 heavy (non-hydrogen) atoms. The van der Waals surface area contributed by atoms with Crippen molar-refractivity contribution >= 4 is 12.0 Å². The van der Waals surface area contributed by atoms with E-state index in [1.165, 1.54) is 27.7 Å². The Morgan fingerprint density at radius 2 is 1.75 bits per heavy atom. The first kappa shape index (κ1) is 20.4. The van der Waals surface area contributed by atoms with Gasteiger partial charge in [-0.25, -0.2) is 13.6 Å². The summed E-state index contributed by atoms with van der Waals surface area (Å²) in [4.78, 5) is 24.3. The number of hydrogen-bond donors (Lipinski definition) is 1. The number of rotatable bonds is 4. The van der Waals surface area contributed by atoms with Crippen molar-refractivity contribution in [3.8, 4) is 0 Å². The van der Waals surface area contributed by atoms with E-state index in [1.54, 1.807) is 5.32 Å². The molecule has 0 radical (unpaired) electrons. The Labute approximate surface area is 135 Å². The average Bonchev–Trinajstić information content (AvgIpc) is 2.36. The molecule has 1 saturated heterocycles. The molecule has 0 aliphatic carbocycles. The molecule has 0 aromatic rings. The summed E-state index contributed by atoms with van der Waals surface area (Å²) in [6, 6.07) is -3.27. The molecule has 6 nitrogen and oxygen atoms in total. The van der Waals surface area contributed by atoms with Crippen LogP contribution >= 0.6 is 0 Å². The van der Waals surface area contributed by atoms with Gasteiger partial charge in [0.15, 0.2) is 6.04 Å². The highest BCUT2D eigenvalue weighted by Crippen LogP contribution is 2.29. The largest absolute Gasteiger partial charge is 0.522 e. The molecule has 11 heteroatoms. The maximum Gasteiger partial charge on any atom is 0.522 e. The highest BCUT2D eigenvalue weighted by Gasteiger charge is 2.48. The van der Waals surface area contributed by atoms with Crippen molar-refractivity contribution in [2.45, 2.75) is 64.3 Å². The number of carbonyl (C=O) groups is 2. The number of hydrogen-bond acceptors (Lipinski definition) is 4. The number of alkyl halides is 5. The van der Waals surface area contributed by atoms with Crippen LogP contribution in [0.4, 0.5) is 26.7 Å². The molecule has 1 N–H and O–H groups in total. The van der Waals surface area contributed by atoms with Gasteiger partial charge < -0.3 is 15.0 Å². The zero-order valence-electron chi connectivity index (χ0n) is 13.5. The van der Waals surface area contributed by atoms with Gasteiger partial charge in [-0.2, -0.15) is 0 Å². The van der Waals surface area contributed by atoms with Gasteiger partial charge in [0.2, 0.25) is 0 Å². The Hall–Kier alpha value is -1.65. The second-order valence-corrected chi connectivity index (χ2v) is 6.29. The second-order valence-electron chi connectivity index (χ2n) is 6.29. The lowest BCUT2D eigenvalue weighted by atomic mass is 9.99. The van der Waals surface area contributed by atoms with Crippen molar-refractivity contribution in [3.05, 3.63) is 0 Å². The summed E-state index contributed by atoms with van der Waals surface area (Å²) in [6.07, 6.45) is -10.7. The lowest BCUT2D eigenvalue weighted by molar-refractivity contribution is -0.359. The Kier molecular flexibility index (Phi) is 6.01. The van der Waals surface area contributed by atoms with Crippen LogP contribution in [0.5, 0.6) is 0 Å². The van der Waals surface area contributed by atoms with Crippen LogP contribution in [0.15, 0.2) is 0 Å². The van der Waals surface area contributed by atoms with Crippen LogP contribution in [0, 0.1) is 0 Å². The highest BCUT2D eigenvalue weighted by molar-refractivity contribution is 5.87. The minimum atomic E-state index is -4.88. The number of nitrogens with one attached hydrogen (secondary N) is 1. The molecular formula is C13H19F5N2O4. The molecule has 0 saturated carbocycles. The third-order valence-electron chi connectivity index (χ3n) is 3.16. The quantitative estimate of drug-likeness (QED) is 0.780. The standard InChI is InChI=1S/C13H19F5N2O4/c1-6-7(23-13(16,17)18)5-20(6)10(21)8(9(14)15)19-11(22)24-12(2,3)4/h6-9H,5H2,1-4H3,(H,19,22)/t6-,7-,8?/m0/s1. The van der Waals surface area contributed by atoms with Gasteiger partial charge in [0, 0.05) is 6.54 Å². The molecule has 2 amide bonds. The topological polar surface area (TPSA) is 67.9 Å². The summed E-state index contributed by atoms with van der Waals surface area (Å²) in [5.74, 6) is -1.20. The lowest BCUT2D eigenvalue weighted by Gasteiger charge is -2.46. The van der Waals surface area contributed by atoms with Gasteiger partial charge in [0.1, 0.15) is 11.7 Å². The van der Waals surface area contributed by atoms with Gasteiger partial charge >= 0.3 is 12.5 Å². The molecule has 0 aromatic carbocycles. The van der Waals surface area contributed by atoms with Crippen LogP contribution in [-0.4, -0.2) is 60.0 Å². The Morgan fingerprint density at radius 1 is 1.21 bits per heavy atom. The minimum Gasteiger partial charge on any atom is -0.444 e. The van der Waals surface area contributed by atoms with Crippen LogP contribution in [0.1, 0.15) is 27.7 Å². The molecule has 1 unspecified atom stereocenters. The third kappa shape index (κ3) is 5.77. The summed E-state index contributed by atoms with van der Waals surface area (Å²) in [5.41, 5.74) is -0.963. The number of nitrogens with zero attached hydrogens (tertiary/aromatic N) is 1. The van der Waals surface area contributed by atoms with Gasteiger partial charge in [0.05, 0.1) is 6.04 Å². The van der Waals surface area contributed by atoms with Crippen molar-refractivity contribution in [1.82, 2.24) is 10.2 Å². The molecule has 0 bridgehead atoms. The van der Waals surface area contributed by atoms with Crippen LogP contribution in [0.3, 0.4) is 0 Å². The Morgan fingerprint density at radius 3 is 2.12 bits per heavy atom. The molecular weight excluding hydrogens is 343 g/mol. The van der Waals surface area contributed by atoms with Crippen molar-refractivity contribution in [2.75, 3.05) is 6.54 Å². The smallest absolute Gasteiger partial charge is 0.444 e. The van der Waals surface area contributed by atoms with E-state index in [0.717, 1.165) is 4.90 Å². The summed E-state index contributed by atoms with van der Waals surface area (Å²) < 4.78 is 71.0. The van der Waals surface area contributed by atoms with Crippen LogP contribution in [0.2, 0.25) is 0 Å². The summed E-state index contributed by atoms with van der Waals surface area (Å²) in [7, 11) is 0. The Balaban J connectivity index is 2.67. The second kappa shape index (κ2) is 7.08. The Bertz CT molecular complexity index is 478. The monoisotopic (exact) mass is 362 g/mol. The van der Waals surface area contributed by atoms with Crippen molar-refractivity contribution < 1.29 is 41.0 Å². The molecule has 3 atom stereocenters. The number of ether oxygens (including phenoxy) is 2. The van der Waals surface area contributed by atoms with E-state index in [-0.39, 0.29) is 0 Å². The minimum absolute atomic E-state index is 0.501. The first-order valence-corrected chi connectivity index (χ1v) is 7.04. The van der Waals surface area contributed by atoms with Crippen molar-refractivity contribution in [2.24, 2.45) is 0 Å². The molecule has 140 valence electrons. The van der Waals surface area contributed by atoms with Gasteiger partial charge in [-0.15, -0.1) is 13.2 Å². The molecule has 1 rings (SSSR count). The van der Waals surface area contributed by atoms with E-state index < -0.39 is 55.1 Å². The summed E-state index contributed by atoms with van der Waals surface area (Å²) >= 11 is 0. The van der Waals surface area contributed by atoms with E-state index in [0.29, 0.717) is 0 Å². The fourth-order valence-electron chi connectivity index (χ4n) is 2.02. The molecule has 0 aromatic heterocycles. The predicted octanol–water partition coefficient (Wildman–Crippen LogP) is 2.28. The molecule has 1 heterocycles. The SMILES string of the molecule is C[C@H]1[C@@H](OC(F)(F)F)CN1C(=O)C(NC(=O)OC(C)(C)C)C(F)F. The van der Waals surface area contributed by atoms with Gasteiger partial charge in [0.25, 0.3) is 12.3 Å². The van der Waals surface area contributed by atoms with E-state index >= 15 is 0 Å². The first-order chi connectivity index (χ1) is 10.7. The number of alkyl carbamates (subject to hydrolysis) is 1. The zero-order chi connectivity index (χ0) is 18.9. The fraction of sp³-hybridized carbons (Fsp3) is 0.846. The van der Waals surface area contributed by atoms with Gasteiger partial charge in [-0.05, 0) is 27.7 Å². The highest BCUT2D eigenvalue weighted by atomic mass is 19.4. The average molecular weight is 362 g/mol. The van der Waals surface area contributed by atoms with E-state index in [4.69, 9.17) is 4.74 Å². The van der Waals surface area contributed by atoms with Crippen LogP contribution in [0.25, 0.3) is 0 Å². The normalized spacial score (nSPS) is 22.8. The molecule has 1 aliphatic heterocycles. The number of carbonyl (C=O) groups excluding carboxylic acids is 2. The molecule has 1 aliphatic rings. The van der Waals surface area contributed by atoms with Crippen molar-refractivity contribution in [1.29, 1.82) is 0 Å². The summed E-state index contributed by atoms with van der Waals surface area (Å²) in [5, 5.41) is 1.74. The molecule has 0 spiro atoms. The predicted molar refractivity (Wildman–Crippen MR) is 71.3 cm³/mol. The maximum absolute atomic E-state index is 13.0. The van der Waals surface area contributed by atoms with Gasteiger partial charge in [-0.1, -0.05) is 0 Å². The van der Waals surface area contributed by atoms with Crippen LogP contribution in [-0.2, 0) is 14.3 Å². The van der Waals surface area contributed by atoms with Crippen LogP contribution < -0.4 is 5.32 Å². The number of amides is 2. The number of likely N-dealkylation sites (tertiary alicyclic amines) is 1. The van der Waals surface area contributed by atoms with E-state index in [9.17, 15) is 31.5 Å². The first-order valence-electron chi connectivity index (χ1n) is 7.04. The summed E-state index contributed by atoms with van der Waals surface area (Å²) in [6.45, 7) is 5.24. The van der Waals surface area contributed by atoms with E-state index in [1.807, 2.05) is 0 Å². The number of halogens is 5. The molecule has 1 fully saturated rings. The van der Waals surface area contributed by atoms with Gasteiger partial charge in [-0.3, -0.25) is 9.53 Å². The maximum atomic E-state index is 13.0. The third-order valence-corrected chi connectivity index (χ3v) is 3.16.